The minimum Gasteiger partial charge on any atom is -0.366 e. The molecule has 3 amide bonds. The van der Waals surface area contributed by atoms with Crippen LogP contribution in [0.2, 0.25) is 0 Å². The molecule has 6 nitrogen and oxygen atoms in total. The first-order valence-corrected chi connectivity index (χ1v) is 7.18. The summed E-state index contributed by atoms with van der Waals surface area (Å²) < 4.78 is 0. The molecule has 1 aromatic rings. The molecule has 0 saturated carbocycles. The average molecular weight is 327 g/mol. The summed E-state index contributed by atoms with van der Waals surface area (Å²) >= 11 is 0. The molecule has 1 aromatic carbocycles. The van der Waals surface area contributed by atoms with Gasteiger partial charge in [0.15, 0.2) is 0 Å². The van der Waals surface area contributed by atoms with Gasteiger partial charge >= 0.3 is 6.03 Å². The van der Waals surface area contributed by atoms with E-state index in [0.717, 1.165) is 13.1 Å². The van der Waals surface area contributed by atoms with Crippen LogP contribution in [0.3, 0.4) is 0 Å². The van der Waals surface area contributed by atoms with Crippen LogP contribution in [-0.2, 0) is 0 Å². The zero-order chi connectivity index (χ0) is 15.4. The predicted molar refractivity (Wildman–Crippen MR) is 89.5 cm³/mol. The summed E-state index contributed by atoms with van der Waals surface area (Å²) in [5.74, 6) is -0.546. The molecule has 7 heteroatoms. The Morgan fingerprint density at radius 1 is 1.14 bits per heavy atom. The molecule has 1 saturated heterocycles. The van der Waals surface area contributed by atoms with Crippen LogP contribution in [0.1, 0.15) is 24.2 Å². The number of nitrogens with one attached hydrogen (secondary N) is 1. The first-order chi connectivity index (χ1) is 9.99. The van der Waals surface area contributed by atoms with E-state index in [-0.39, 0.29) is 18.4 Å². The van der Waals surface area contributed by atoms with Crippen molar-refractivity contribution in [3.8, 4) is 0 Å². The topological polar surface area (TPSA) is 78.7 Å². The highest BCUT2D eigenvalue weighted by Gasteiger charge is 2.23. The van der Waals surface area contributed by atoms with Crippen molar-refractivity contribution in [1.82, 2.24) is 9.80 Å². The number of rotatable bonds is 3. The summed E-state index contributed by atoms with van der Waals surface area (Å²) in [4.78, 5) is 27.7. The number of carbonyl (C=O) groups is 2. The van der Waals surface area contributed by atoms with E-state index in [1.807, 2.05) is 0 Å². The fraction of sp³-hybridized carbons (Fsp3) is 0.467. The van der Waals surface area contributed by atoms with Crippen molar-refractivity contribution in [2.45, 2.75) is 19.9 Å². The fourth-order valence-electron chi connectivity index (χ4n) is 2.44. The van der Waals surface area contributed by atoms with E-state index in [4.69, 9.17) is 5.73 Å². The van der Waals surface area contributed by atoms with Gasteiger partial charge in [0.05, 0.1) is 11.3 Å². The highest BCUT2D eigenvalue weighted by molar-refractivity contribution is 6.02. The minimum atomic E-state index is -0.546. The number of nitrogens with zero attached hydrogens (tertiary/aromatic N) is 2. The summed E-state index contributed by atoms with van der Waals surface area (Å²) in [5, 5.41) is 2.77. The third kappa shape index (κ3) is 4.35. The lowest BCUT2D eigenvalue weighted by atomic mass is 10.1. The molecule has 122 valence electrons. The number of halogens is 1. The summed E-state index contributed by atoms with van der Waals surface area (Å²) in [7, 11) is 0. The first kappa shape index (κ1) is 18.3. The van der Waals surface area contributed by atoms with E-state index in [1.54, 1.807) is 29.2 Å². The number of hydrogen-bond donors (Lipinski definition) is 2. The number of hydrogen-bond acceptors (Lipinski definition) is 3. The first-order valence-electron chi connectivity index (χ1n) is 7.18. The molecule has 1 fully saturated rings. The Morgan fingerprint density at radius 3 is 2.27 bits per heavy atom. The zero-order valence-electron chi connectivity index (χ0n) is 12.9. The highest BCUT2D eigenvalue weighted by atomic mass is 35.5. The number of benzene rings is 1. The van der Waals surface area contributed by atoms with Crippen molar-refractivity contribution in [3.63, 3.8) is 0 Å². The van der Waals surface area contributed by atoms with Crippen molar-refractivity contribution in [2.24, 2.45) is 5.73 Å². The second kappa shape index (κ2) is 8.00. The van der Waals surface area contributed by atoms with Gasteiger partial charge < -0.3 is 16.0 Å². The second-order valence-corrected chi connectivity index (χ2v) is 5.46. The largest absolute Gasteiger partial charge is 0.366 e. The van der Waals surface area contributed by atoms with Gasteiger partial charge in [-0.1, -0.05) is 12.1 Å². The van der Waals surface area contributed by atoms with Crippen molar-refractivity contribution < 1.29 is 9.59 Å². The molecule has 0 aliphatic carbocycles. The number of primary amides is 1. The number of para-hydroxylation sites is 1. The zero-order valence-corrected chi connectivity index (χ0v) is 13.7. The third-order valence-electron chi connectivity index (χ3n) is 3.77. The van der Waals surface area contributed by atoms with E-state index in [0.29, 0.717) is 30.4 Å². The normalized spacial score (nSPS) is 15.3. The van der Waals surface area contributed by atoms with Gasteiger partial charge in [0, 0.05) is 32.2 Å². The molecule has 0 bridgehead atoms. The number of urea groups is 1. The van der Waals surface area contributed by atoms with Gasteiger partial charge in [0.1, 0.15) is 0 Å². The number of piperazine rings is 1. The maximum Gasteiger partial charge on any atom is 0.321 e. The van der Waals surface area contributed by atoms with Crippen LogP contribution in [0, 0.1) is 0 Å². The molecule has 0 atom stereocenters. The van der Waals surface area contributed by atoms with Crippen LogP contribution in [-0.4, -0.2) is 54.0 Å². The van der Waals surface area contributed by atoms with E-state index in [1.165, 1.54) is 0 Å². The molecular weight excluding hydrogens is 304 g/mol. The van der Waals surface area contributed by atoms with E-state index >= 15 is 0 Å². The summed E-state index contributed by atoms with van der Waals surface area (Å²) in [6.07, 6.45) is 0. The van der Waals surface area contributed by atoms with E-state index in [2.05, 4.69) is 24.1 Å². The number of nitrogens with two attached hydrogens (primary N) is 1. The lowest BCUT2D eigenvalue weighted by molar-refractivity contribution is 0.100. The van der Waals surface area contributed by atoms with Crippen LogP contribution in [0.4, 0.5) is 10.5 Å². The van der Waals surface area contributed by atoms with Crippen LogP contribution < -0.4 is 11.1 Å². The molecule has 0 radical (unpaired) electrons. The van der Waals surface area contributed by atoms with Crippen molar-refractivity contribution in [2.75, 3.05) is 31.5 Å². The lowest BCUT2D eigenvalue weighted by Crippen LogP contribution is -2.51. The molecule has 1 aliphatic rings. The van der Waals surface area contributed by atoms with Crippen molar-refractivity contribution in [3.05, 3.63) is 29.8 Å². The van der Waals surface area contributed by atoms with Crippen LogP contribution in [0.15, 0.2) is 24.3 Å². The molecule has 0 spiro atoms. The summed E-state index contributed by atoms with van der Waals surface area (Å²) in [6, 6.07) is 7.07. The number of carbonyl (C=O) groups excluding carboxylic acids is 2. The summed E-state index contributed by atoms with van der Waals surface area (Å²) in [6.45, 7) is 7.40. The maximum absolute atomic E-state index is 12.3. The molecule has 1 aliphatic heterocycles. The minimum absolute atomic E-state index is 0. The maximum atomic E-state index is 12.3. The lowest BCUT2D eigenvalue weighted by Gasteiger charge is -2.36. The Morgan fingerprint density at radius 2 is 1.73 bits per heavy atom. The SMILES string of the molecule is CC(C)N1CCN(C(=O)Nc2ccccc2C(N)=O)CC1.Cl. The highest BCUT2D eigenvalue weighted by Crippen LogP contribution is 2.15. The molecule has 0 unspecified atom stereocenters. The van der Waals surface area contributed by atoms with Crippen LogP contribution >= 0.6 is 12.4 Å². The van der Waals surface area contributed by atoms with Crippen molar-refractivity contribution >= 4 is 30.0 Å². The quantitative estimate of drug-likeness (QED) is 0.888. The van der Waals surface area contributed by atoms with E-state index in [9.17, 15) is 9.59 Å². The van der Waals surface area contributed by atoms with Gasteiger partial charge in [-0.05, 0) is 26.0 Å². The Kier molecular flexibility index (Phi) is 6.64. The fourth-order valence-corrected chi connectivity index (χ4v) is 2.44. The molecule has 22 heavy (non-hydrogen) atoms. The standard InChI is InChI=1S/C15H22N4O2.ClH/c1-11(2)18-7-9-19(10-8-18)15(21)17-13-6-4-3-5-12(13)14(16)20;/h3-6,11H,7-10H2,1-2H3,(H2,16,20)(H,17,21);1H. The Bertz CT molecular complexity index is 528. The number of anilines is 1. The Balaban J connectivity index is 0.00000242. The predicted octanol–water partition coefficient (Wildman–Crippen LogP) is 1.77. The van der Waals surface area contributed by atoms with Crippen LogP contribution in [0.25, 0.3) is 0 Å². The van der Waals surface area contributed by atoms with Crippen LogP contribution in [0.5, 0.6) is 0 Å². The monoisotopic (exact) mass is 326 g/mol. The van der Waals surface area contributed by atoms with Crippen molar-refractivity contribution in [1.29, 1.82) is 0 Å². The van der Waals surface area contributed by atoms with E-state index < -0.39 is 5.91 Å². The average Bonchev–Trinajstić information content (AvgIpc) is 2.47. The molecule has 0 aromatic heterocycles. The molecular formula is C15H23ClN4O2. The smallest absolute Gasteiger partial charge is 0.321 e. The Labute approximate surface area is 137 Å². The van der Waals surface area contributed by atoms with Gasteiger partial charge in [-0.2, -0.15) is 0 Å². The van der Waals surface area contributed by atoms with Gasteiger partial charge in [0.25, 0.3) is 5.91 Å². The molecule has 1 heterocycles. The number of amides is 3. The van der Waals surface area contributed by atoms with Gasteiger partial charge in [-0.15, -0.1) is 12.4 Å². The third-order valence-corrected chi connectivity index (χ3v) is 3.77. The Hall–Kier alpha value is -1.79. The van der Waals surface area contributed by atoms with Gasteiger partial charge in [-0.25, -0.2) is 4.79 Å². The van der Waals surface area contributed by atoms with Gasteiger partial charge in [-0.3, -0.25) is 9.69 Å². The molecule has 3 N–H and O–H groups in total. The second-order valence-electron chi connectivity index (χ2n) is 5.46. The molecule has 2 rings (SSSR count). The summed E-state index contributed by atoms with van der Waals surface area (Å²) in [5.41, 5.74) is 6.09. The van der Waals surface area contributed by atoms with Gasteiger partial charge in [0.2, 0.25) is 0 Å².